The standard InChI is InChI=1S/C13H17ClO2/c1-9(2)8-16-11-4-5-12(10(3)6-11)13(15)7-14/h4-6,9H,7-8H2,1-3H3. The summed E-state index contributed by atoms with van der Waals surface area (Å²) in [6, 6.07) is 5.47. The van der Waals surface area contributed by atoms with Crippen molar-refractivity contribution in [3.63, 3.8) is 0 Å². The van der Waals surface area contributed by atoms with E-state index in [1.54, 1.807) is 6.07 Å². The van der Waals surface area contributed by atoms with Crippen molar-refractivity contribution in [2.24, 2.45) is 5.92 Å². The van der Waals surface area contributed by atoms with Crippen LogP contribution in [0.4, 0.5) is 0 Å². The molecule has 0 unspecified atom stereocenters. The summed E-state index contributed by atoms with van der Waals surface area (Å²) >= 11 is 5.52. The third-order valence-corrected chi connectivity index (χ3v) is 2.45. The zero-order chi connectivity index (χ0) is 12.1. The van der Waals surface area contributed by atoms with Gasteiger partial charge in [-0.1, -0.05) is 13.8 Å². The van der Waals surface area contributed by atoms with Crippen molar-refractivity contribution in [2.45, 2.75) is 20.8 Å². The van der Waals surface area contributed by atoms with Crippen molar-refractivity contribution in [3.05, 3.63) is 29.3 Å². The minimum absolute atomic E-state index is 0.0209. The highest BCUT2D eigenvalue weighted by Gasteiger charge is 2.08. The number of alkyl halides is 1. The van der Waals surface area contributed by atoms with Crippen LogP contribution in [-0.4, -0.2) is 18.3 Å². The van der Waals surface area contributed by atoms with Gasteiger partial charge in [-0.05, 0) is 36.6 Å². The van der Waals surface area contributed by atoms with Gasteiger partial charge in [0.2, 0.25) is 0 Å². The van der Waals surface area contributed by atoms with Gasteiger partial charge in [0.1, 0.15) is 5.75 Å². The highest BCUT2D eigenvalue weighted by molar-refractivity contribution is 6.30. The SMILES string of the molecule is Cc1cc(OCC(C)C)ccc1C(=O)CCl. The molecule has 88 valence electrons. The molecular weight excluding hydrogens is 224 g/mol. The van der Waals surface area contributed by atoms with Crippen molar-refractivity contribution in [2.75, 3.05) is 12.5 Å². The lowest BCUT2D eigenvalue weighted by Crippen LogP contribution is -2.06. The topological polar surface area (TPSA) is 26.3 Å². The fraction of sp³-hybridized carbons (Fsp3) is 0.462. The first kappa shape index (κ1) is 13.0. The van der Waals surface area contributed by atoms with Gasteiger partial charge in [-0.3, -0.25) is 4.79 Å². The Hall–Kier alpha value is -1.02. The molecule has 0 fully saturated rings. The molecule has 0 N–H and O–H groups in total. The lowest BCUT2D eigenvalue weighted by Gasteiger charge is -2.10. The average molecular weight is 241 g/mol. The van der Waals surface area contributed by atoms with Crippen molar-refractivity contribution in [1.82, 2.24) is 0 Å². The molecule has 0 atom stereocenters. The smallest absolute Gasteiger partial charge is 0.177 e. The Balaban J connectivity index is 2.78. The molecule has 0 amide bonds. The van der Waals surface area contributed by atoms with Crippen molar-refractivity contribution >= 4 is 17.4 Å². The van der Waals surface area contributed by atoms with E-state index in [9.17, 15) is 4.79 Å². The molecule has 0 radical (unpaired) electrons. The number of rotatable bonds is 5. The predicted molar refractivity (Wildman–Crippen MR) is 66.6 cm³/mol. The number of carbonyl (C=O) groups excluding carboxylic acids is 1. The van der Waals surface area contributed by atoms with Crippen LogP contribution >= 0.6 is 11.6 Å². The maximum absolute atomic E-state index is 11.4. The Morgan fingerprint density at radius 2 is 2.12 bits per heavy atom. The minimum Gasteiger partial charge on any atom is -0.493 e. The second-order valence-corrected chi connectivity index (χ2v) is 4.51. The van der Waals surface area contributed by atoms with Gasteiger partial charge in [-0.2, -0.15) is 0 Å². The van der Waals surface area contributed by atoms with Gasteiger partial charge in [-0.15, -0.1) is 11.6 Å². The summed E-state index contributed by atoms with van der Waals surface area (Å²) in [5, 5.41) is 0. The van der Waals surface area contributed by atoms with E-state index in [4.69, 9.17) is 16.3 Å². The van der Waals surface area contributed by atoms with E-state index in [0.29, 0.717) is 18.1 Å². The summed E-state index contributed by atoms with van der Waals surface area (Å²) in [7, 11) is 0. The molecule has 0 aliphatic rings. The Kier molecular flexibility index (Phi) is 4.81. The first-order valence-corrected chi connectivity index (χ1v) is 5.90. The first-order chi connectivity index (χ1) is 7.54. The second-order valence-electron chi connectivity index (χ2n) is 4.24. The van der Waals surface area contributed by atoms with Crippen LogP contribution in [0.3, 0.4) is 0 Å². The van der Waals surface area contributed by atoms with E-state index in [-0.39, 0.29) is 11.7 Å². The molecule has 0 aliphatic carbocycles. The molecule has 16 heavy (non-hydrogen) atoms. The third-order valence-electron chi connectivity index (χ3n) is 2.20. The number of Topliss-reactive ketones (excluding diaryl/α,β-unsaturated/α-hetero) is 1. The summed E-state index contributed by atoms with van der Waals surface area (Å²) in [6.07, 6.45) is 0. The normalized spacial score (nSPS) is 10.6. The number of aryl methyl sites for hydroxylation is 1. The van der Waals surface area contributed by atoms with E-state index in [1.807, 2.05) is 19.1 Å². The highest BCUT2D eigenvalue weighted by Crippen LogP contribution is 2.18. The molecule has 0 aromatic heterocycles. The molecule has 1 rings (SSSR count). The molecule has 1 aromatic rings. The van der Waals surface area contributed by atoms with Crippen LogP contribution in [0.15, 0.2) is 18.2 Å². The number of carbonyl (C=O) groups is 1. The number of hydrogen-bond donors (Lipinski definition) is 0. The summed E-state index contributed by atoms with van der Waals surface area (Å²) in [5.74, 6) is 1.27. The summed E-state index contributed by atoms with van der Waals surface area (Å²) in [6.45, 7) is 6.76. The number of ketones is 1. The predicted octanol–water partition coefficient (Wildman–Crippen LogP) is 3.45. The highest BCUT2D eigenvalue weighted by atomic mass is 35.5. The quantitative estimate of drug-likeness (QED) is 0.582. The van der Waals surface area contributed by atoms with Crippen LogP contribution < -0.4 is 4.74 Å². The van der Waals surface area contributed by atoms with Crippen LogP contribution in [-0.2, 0) is 0 Å². The molecule has 0 heterocycles. The summed E-state index contributed by atoms with van der Waals surface area (Å²) < 4.78 is 5.57. The fourth-order valence-electron chi connectivity index (χ4n) is 1.37. The largest absolute Gasteiger partial charge is 0.493 e. The van der Waals surface area contributed by atoms with Crippen LogP contribution in [0.5, 0.6) is 5.75 Å². The fourth-order valence-corrected chi connectivity index (χ4v) is 1.52. The molecule has 0 aliphatic heterocycles. The molecule has 0 spiro atoms. The lowest BCUT2D eigenvalue weighted by atomic mass is 10.1. The number of halogens is 1. The Labute approximate surface area is 102 Å². The zero-order valence-corrected chi connectivity index (χ0v) is 10.7. The van der Waals surface area contributed by atoms with Crippen LogP contribution in [0, 0.1) is 12.8 Å². The first-order valence-electron chi connectivity index (χ1n) is 5.37. The lowest BCUT2D eigenvalue weighted by molar-refractivity contribution is 0.102. The minimum atomic E-state index is -0.0467. The zero-order valence-electron chi connectivity index (χ0n) is 9.92. The Morgan fingerprint density at radius 3 is 2.62 bits per heavy atom. The molecular formula is C13H17ClO2. The van der Waals surface area contributed by atoms with Crippen molar-refractivity contribution in [3.8, 4) is 5.75 Å². The summed E-state index contributed by atoms with van der Waals surface area (Å²) in [5.41, 5.74) is 1.58. The van der Waals surface area contributed by atoms with Crippen LogP contribution in [0.25, 0.3) is 0 Å². The summed E-state index contributed by atoms with van der Waals surface area (Å²) in [4.78, 5) is 11.4. The number of ether oxygens (including phenoxy) is 1. The van der Waals surface area contributed by atoms with Crippen LogP contribution in [0.1, 0.15) is 29.8 Å². The monoisotopic (exact) mass is 240 g/mol. The van der Waals surface area contributed by atoms with Gasteiger partial charge in [0, 0.05) is 5.56 Å². The van der Waals surface area contributed by atoms with Crippen LogP contribution in [0.2, 0.25) is 0 Å². The van der Waals surface area contributed by atoms with Gasteiger partial charge < -0.3 is 4.74 Å². The van der Waals surface area contributed by atoms with Gasteiger partial charge in [0.15, 0.2) is 5.78 Å². The Bertz CT molecular complexity index is 372. The number of hydrogen-bond acceptors (Lipinski definition) is 2. The molecule has 0 bridgehead atoms. The van der Waals surface area contributed by atoms with E-state index in [0.717, 1.165) is 11.3 Å². The van der Waals surface area contributed by atoms with Gasteiger partial charge in [0.25, 0.3) is 0 Å². The average Bonchev–Trinajstić information content (AvgIpc) is 2.25. The number of benzene rings is 1. The molecule has 0 saturated carbocycles. The Morgan fingerprint density at radius 1 is 1.44 bits per heavy atom. The van der Waals surface area contributed by atoms with Crippen molar-refractivity contribution in [1.29, 1.82) is 0 Å². The van der Waals surface area contributed by atoms with Gasteiger partial charge >= 0.3 is 0 Å². The second kappa shape index (κ2) is 5.90. The van der Waals surface area contributed by atoms with Gasteiger partial charge in [-0.25, -0.2) is 0 Å². The van der Waals surface area contributed by atoms with E-state index in [1.165, 1.54) is 0 Å². The third kappa shape index (κ3) is 3.53. The molecule has 2 nitrogen and oxygen atoms in total. The molecule has 0 saturated heterocycles. The van der Waals surface area contributed by atoms with E-state index >= 15 is 0 Å². The van der Waals surface area contributed by atoms with Crippen molar-refractivity contribution < 1.29 is 9.53 Å². The van der Waals surface area contributed by atoms with E-state index in [2.05, 4.69) is 13.8 Å². The molecule has 3 heteroatoms. The maximum atomic E-state index is 11.4. The van der Waals surface area contributed by atoms with Gasteiger partial charge in [0.05, 0.1) is 12.5 Å². The molecule has 1 aromatic carbocycles. The van der Waals surface area contributed by atoms with E-state index < -0.39 is 0 Å². The maximum Gasteiger partial charge on any atom is 0.177 e.